The molecule has 0 saturated heterocycles. The van der Waals surface area contributed by atoms with Crippen LogP contribution in [0, 0.1) is 0 Å². The highest BCUT2D eigenvalue weighted by Crippen LogP contribution is 2.08. The molecule has 2 rings (SSSR count). The second-order valence-electron chi connectivity index (χ2n) is 4.31. The highest BCUT2D eigenvalue weighted by atomic mass is 16.4. The summed E-state index contributed by atoms with van der Waals surface area (Å²) in [5.41, 5.74) is -1.33. The van der Waals surface area contributed by atoms with Crippen molar-refractivity contribution in [2.24, 2.45) is 0 Å². The molecule has 6 N–H and O–H groups in total. The Balaban J connectivity index is 2.31. The molecule has 20 heavy (non-hydrogen) atoms. The molecule has 2 heterocycles. The maximum Gasteiger partial charge on any atom is 0.327 e. The van der Waals surface area contributed by atoms with Gasteiger partial charge >= 0.3 is 5.69 Å². The Kier molecular flexibility index (Phi) is 3.99. The molecule has 3 atom stereocenters. The van der Waals surface area contributed by atoms with Crippen LogP contribution in [0.5, 0.6) is 0 Å². The summed E-state index contributed by atoms with van der Waals surface area (Å²) in [6, 6.07) is 0. The topological polar surface area (TPSA) is 164 Å². The van der Waals surface area contributed by atoms with Crippen molar-refractivity contribution >= 4 is 11.2 Å². The van der Waals surface area contributed by atoms with E-state index in [1.54, 1.807) is 0 Å². The van der Waals surface area contributed by atoms with Crippen molar-refractivity contribution in [3.8, 4) is 0 Å². The molecule has 10 nitrogen and oxygen atoms in total. The first-order valence-electron chi connectivity index (χ1n) is 5.76. The molecule has 0 aliphatic carbocycles. The summed E-state index contributed by atoms with van der Waals surface area (Å²) < 4.78 is 1.25. The van der Waals surface area contributed by atoms with Gasteiger partial charge in [0.1, 0.15) is 24.0 Å². The summed E-state index contributed by atoms with van der Waals surface area (Å²) in [6.07, 6.45) is -3.29. The van der Waals surface area contributed by atoms with Gasteiger partial charge in [-0.15, -0.1) is 0 Å². The Labute approximate surface area is 111 Å². The lowest BCUT2D eigenvalue weighted by atomic mass is 10.1. The van der Waals surface area contributed by atoms with Crippen LogP contribution in [0.25, 0.3) is 11.2 Å². The van der Waals surface area contributed by atoms with E-state index in [9.17, 15) is 24.9 Å². The Morgan fingerprint density at radius 2 is 1.90 bits per heavy atom. The van der Waals surface area contributed by atoms with Crippen LogP contribution in [-0.2, 0) is 6.54 Å². The molecule has 0 bridgehead atoms. The number of rotatable bonds is 5. The van der Waals surface area contributed by atoms with Gasteiger partial charge in [0, 0.05) is 0 Å². The summed E-state index contributed by atoms with van der Waals surface area (Å²) in [6.45, 7) is -0.937. The maximum absolute atomic E-state index is 11.5. The van der Waals surface area contributed by atoms with Crippen molar-refractivity contribution in [1.29, 1.82) is 0 Å². The number of nitrogens with one attached hydrogen (secondary N) is 2. The molecule has 0 saturated carbocycles. The van der Waals surface area contributed by atoms with Gasteiger partial charge in [-0.2, -0.15) is 0 Å². The fraction of sp³-hybridized carbons (Fsp3) is 0.500. The van der Waals surface area contributed by atoms with Gasteiger partial charge in [-0.05, 0) is 0 Å². The number of aliphatic hydroxyl groups is 4. The summed E-state index contributed by atoms with van der Waals surface area (Å²) >= 11 is 0. The smallest absolute Gasteiger partial charge is 0.327 e. The molecule has 2 aromatic heterocycles. The molecular weight excluding hydrogens is 272 g/mol. The molecule has 0 fully saturated rings. The number of hydrogen-bond acceptors (Lipinski definition) is 7. The zero-order chi connectivity index (χ0) is 14.9. The Morgan fingerprint density at radius 1 is 1.20 bits per heavy atom. The summed E-state index contributed by atoms with van der Waals surface area (Å²) in [5, 5.41) is 37.2. The normalized spacial score (nSPS) is 16.2. The maximum atomic E-state index is 11.5. The SMILES string of the molecule is O=c1[nH]c(=O)c2ncn(C[C@H](O)[C@H](O)[C@H](O)CO)c2[nH]1. The minimum absolute atomic E-state index is 0.0194. The largest absolute Gasteiger partial charge is 0.394 e. The average molecular weight is 286 g/mol. The molecule has 2 aromatic rings. The van der Waals surface area contributed by atoms with Crippen molar-refractivity contribution in [2.75, 3.05) is 6.61 Å². The number of H-pyrrole nitrogens is 2. The first kappa shape index (κ1) is 14.4. The second kappa shape index (κ2) is 5.54. The number of aromatic nitrogens is 4. The quantitative estimate of drug-likeness (QED) is 0.331. The average Bonchev–Trinajstić information content (AvgIpc) is 2.80. The number of aliphatic hydroxyl groups excluding tert-OH is 4. The van der Waals surface area contributed by atoms with Crippen LogP contribution in [0.1, 0.15) is 0 Å². The van der Waals surface area contributed by atoms with E-state index in [2.05, 4.69) is 9.97 Å². The van der Waals surface area contributed by atoms with E-state index in [1.807, 2.05) is 4.98 Å². The van der Waals surface area contributed by atoms with Crippen LogP contribution >= 0.6 is 0 Å². The molecule has 10 heteroatoms. The van der Waals surface area contributed by atoms with Gasteiger partial charge in [0.25, 0.3) is 5.56 Å². The predicted molar refractivity (Wildman–Crippen MR) is 66.1 cm³/mol. The fourth-order valence-electron chi connectivity index (χ4n) is 1.79. The lowest BCUT2D eigenvalue weighted by Crippen LogP contribution is -2.41. The molecule has 110 valence electrons. The van der Waals surface area contributed by atoms with Gasteiger partial charge in [-0.1, -0.05) is 0 Å². The van der Waals surface area contributed by atoms with E-state index in [1.165, 1.54) is 10.9 Å². The van der Waals surface area contributed by atoms with Gasteiger partial charge < -0.3 is 25.0 Å². The molecule has 0 amide bonds. The molecule has 0 unspecified atom stereocenters. The minimum Gasteiger partial charge on any atom is -0.394 e. The summed E-state index contributed by atoms with van der Waals surface area (Å²) in [4.78, 5) is 30.8. The van der Waals surface area contributed by atoms with E-state index in [0.29, 0.717) is 0 Å². The van der Waals surface area contributed by atoms with Crippen molar-refractivity contribution in [3.63, 3.8) is 0 Å². The summed E-state index contributed by atoms with van der Waals surface area (Å²) in [7, 11) is 0. The Bertz CT molecular complexity index is 704. The molecule has 0 radical (unpaired) electrons. The zero-order valence-corrected chi connectivity index (χ0v) is 10.2. The van der Waals surface area contributed by atoms with Crippen molar-refractivity contribution in [2.45, 2.75) is 24.9 Å². The van der Waals surface area contributed by atoms with Gasteiger partial charge in [-0.3, -0.25) is 14.8 Å². The molecule has 0 spiro atoms. The van der Waals surface area contributed by atoms with Crippen LogP contribution in [0.2, 0.25) is 0 Å². The van der Waals surface area contributed by atoms with Crippen molar-refractivity contribution in [1.82, 2.24) is 19.5 Å². The Hall–Kier alpha value is -2.01. The van der Waals surface area contributed by atoms with Crippen LogP contribution in [0.15, 0.2) is 15.9 Å². The van der Waals surface area contributed by atoms with Crippen LogP contribution in [0.4, 0.5) is 0 Å². The molecule has 0 aliphatic rings. The van der Waals surface area contributed by atoms with Crippen LogP contribution < -0.4 is 11.2 Å². The first-order valence-corrected chi connectivity index (χ1v) is 5.76. The molecule has 0 aromatic carbocycles. The van der Waals surface area contributed by atoms with E-state index >= 15 is 0 Å². The Morgan fingerprint density at radius 3 is 2.55 bits per heavy atom. The highest BCUT2D eigenvalue weighted by molar-refractivity contribution is 5.68. The predicted octanol–water partition coefficient (Wildman–Crippen LogP) is -3.51. The monoisotopic (exact) mass is 286 g/mol. The lowest BCUT2D eigenvalue weighted by molar-refractivity contribution is -0.0803. The zero-order valence-electron chi connectivity index (χ0n) is 10.2. The third-order valence-electron chi connectivity index (χ3n) is 2.87. The van der Waals surface area contributed by atoms with E-state index < -0.39 is 36.2 Å². The molecule has 0 aliphatic heterocycles. The number of aromatic amines is 2. The third-order valence-corrected chi connectivity index (χ3v) is 2.87. The van der Waals surface area contributed by atoms with Gasteiger partial charge in [0.15, 0.2) is 5.52 Å². The second-order valence-corrected chi connectivity index (χ2v) is 4.31. The summed E-state index contributed by atoms with van der Waals surface area (Å²) in [5.74, 6) is 0. The van der Waals surface area contributed by atoms with Crippen LogP contribution in [-0.4, -0.2) is 64.9 Å². The van der Waals surface area contributed by atoms with Crippen molar-refractivity contribution in [3.05, 3.63) is 27.2 Å². The van der Waals surface area contributed by atoms with Crippen LogP contribution in [0.3, 0.4) is 0 Å². The number of hydrogen-bond donors (Lipinski definition) is 6. The van der Waals surface area contributed by atoms with E-state index in [4.69, 9.17) is 5.11 Å². The van der Waals surface area contributed by atoms with E-state index in [0.717, 1.165) is 0 Å². The highest BCUT2D eigenvalue weighted by Gasteiger charge is 2.25. The number of fused-ring (bicyclic) bond motifs is 1. The standard InChI is InChI=1S/C10H14N4O6/c15-2-5(17)7(18)4(16)1-14-3-11-6-8(14)12-10(20)13-9(6)19/h3-5,7,15-18H,1-2H2,(H2,12,13,19,20)/t4-,5+,7-/m0/s1. The van der Waals surface area contributed by atoms with Gasteiger partial charge in [-0.25, -0.2) is 9.78 Å². The minimum atomic E-state index is -1.58. The van der Waals surface area contributed by atoms with E-state index in [-0.39, 0.29) is 17.7 Å². The third kappa shape index (κ3) is 2.63. The fourth-order valence-corrected chi connectivity index (χ4v) is 1.79. The van der Waals surface area contributed by atoms with Crippen molar-refractivity contribution < 1.29 is 20.4 Å². The van der Waals surface area contributed by atoms with Gasteiger partial charge in [0.05, 0.1) is 19.5 Å². The molecular formula is C10H14N4O6. The number of nitrogens with zero attached hydrogens (tertiary/aromatic N) is 2. The number of imidazole rings is 1. The van der Waals surface area contributed by atoms with Gasteiger partial charge in [0.2, 0.25) is 0 Å². The lowest BCUT2D eigenvalue weighted by Gasteiger charge is -2.21. The first-order chi connectivity index (χ1) is 9.43.